The summed E-state index contributed by atoms with van der Waals surface area (Å²) in [6.45, 7) is 0. The summed E-state index contributed by atoms with van der Waals surface area (Å²) in [5.41, 5.74) is 6.56. The van der Waals surface area contributed by atoms with Crippen molar-refractivity contribution in [2.45, 2.75) is 0 Å². The van der Waals surface area contributed by atoms with E-state index in [2.05, 4.69) is 5.32 Å². The number of carbonyl (C=O) groups is 3. The van der Waals surface area contributed by atoms with Gasteiger partial charge >= 0.3 is 11.8 Å². The van der Waals surface area contributed by atoms with Gasteiger partial charge in [-0.05, 0) is 36.4 Å². The molecule has 0 radical (unpaired) electrons. The molecular formula is C19H15N3O4. The van der Waals surface area contributed by atoms with Gasteiger partial charge in [-0.25, -0.2) is 0 Å². The van der Waals surface area contributed by atoms with Crippen LogP contribution in [0, 0.1) is 0 Å². The summed E-state index contributed by atoms with van der Waals surface area (Å²) in [7, 11) is 0. The number of fused-ring (bicyclic) bond motifs is 1. The van der Waals surface area contributed by atoms with Gasteiger partial charge in [0.15, 0.2) is 0 Å². The Morgan fingerprint density at radius 2 is 1.46 bits per heavy atom. The maximum Gasteiger partial charge on any atom is 0.316 e. The first kappa shape index (κ1) is 17.0. The minimum Gasteiger partial charge on any atom is -0.507 e. The van der Waals surface area contributed by atoms with Gasteiger partial charge in [-0.3, -0.25) is 19.7 Å². The van der Waals surface area contributed by atoms with Gasteiger partial charge in [0.25, 0.3) is 5.91 Å². The van der Waals surface area contributed by atoms with Crippen LogP contribution in [0.25, 0.3) is 10.8 Å². The molecule has 3 aromatic carbocycles. The van der Waals surface area contributed by atoms with Crippen molar-refractivity contribution in [3.63, 3.8) is 0 Å². The summed E-state index contributed by atoms with van der Waals surface area (Å²) >= 11 is 0. The number of carbonyl (C=O) groups excluding carboxylic acids is 3. The van der Waals surface area contributed by atoms with Crippen LogP contribution >= 0.6 is 0 Å². The Hall–Kier alpha value is -3.87. The second-order valence-electron chi connectivity index (χ2n) is 5.54. The molecule has 0 atom stereocenters. The zero-order valence-corrected chi connectivity index (χ0v) is 13.5. The lowest BCUT2D eigenvalue weighted by Crippen LogP contribution is -2.39. The van der Waals surface area contributed by atoms with E-state index in [-0.39, 0.29) is 11.3 Å². The molecule has 0 unspecified atom stereocenters. The molecular weight excluding hydrogens is 334 g/mol. The number of hydrogen-bond acceptors (Lipinski definition) is 5. The van der Waals surface area contributed by atoms with Gasteiger partial charge in [0.1, 0.15) is 5.75 Å². The van der Waals surface area contributed by atoms with Crippen LogP contribution in [0.2, 0.25) is 0 Å². The molecule has 26 heavy (non-hydrogen) atoms. The number of hydrogen-bond donors (Lipinski definition) is 4. The normalized spacial score (nSPS) is 10.3. The lowest BCUT2D eigenvalue weighted by molar-refractivity contribution is -0.135. The number of nitrogens with two attached hydrogens (primary N) is 1. The molecule has 0 aromatic heterocycles. The maximum absolute atomic E-state index is 12.1. The number of imide groups is 1. The third-order valence-corrected chi connectivity index (χ3v) is 3.75. The molecule has 3 rings (SSSR count). The molecule has 0 saturated carbocycles. The largest absolute Gasteiger partial charge is 0.507 e. The Kier molecular flexibility index (Phi) is 4.53. The van der Waals surface area contributed by atoms with Crippen molar-refractivity contribution in [2.24, 2.45) is 0 Å². The summed E-state index contributed by atoms with van der Waals surface area (Å²) in [6.07, 6.45) is 0. The van der Waals surface area contributed by atoms with E-state index < -0.39 is 17.7 Å². The molecule has 0 aliphatic heterocycles. The fourth-order valence-electron chi connectivity index (χ4n) is 2.45. The number of nitrogens with one attached hydrogen (secondary N) is 2. The zero-order valence-electron chi connectivity index (χ0n) is 13.5. The Morgan fingerprint density at radius 3 is 2.19 bits per heavy atom. The van der Waals surface area contributed by atoms with Crippen LogP contribution < -0.4 is 16.4 Å². The molecule has 0 fully saturated rings. The Labute approximate surface area is 148 Å². The molecule has 5 N–H and O–H groups in total. The summed E-state index contributed by atoms with van der Waals surface area (Å²) in [5.74, 6) is -2.74. The van der Waals surface area contributed by atoms with Crippen molar-refractivity contribution < 1.29 is 19.5 Å². The molecule has 3 aromatic rings. The lowest BCUT2D eigenvalue weighted by Gasteiger charge is -2.09. The Bertz CT molecular complexity index is 1010. The van der Waals surface area contributed by atoms with E-state index in [9.17, 15) is 19.5 Å². The van der Waals surface area contributed by atoms with Crippen LogP contribution in [0.4, 0.5) is 11.4 Å². The van der Waals surface area contributed by atoms with Gasteiger partial charge in [-0.15, -0.1) is 0 Å². The van der Waals surface area contributed by atoms with Crippen LogP contribution in [0.1, 0.15) is 10.4 Å². The number of benzene rings is 3. The molecule has 0 heterocycles. The number of aromatic hydroxyl groups is 1. The highest BCUT2D eigenvalue weighted by Gasteiger charge is 2.19. The first-order chi connectivity index (χ1) is 12.5. The van der Waals surface area contributed by atoms with Crippen molar-refractivity contribution >= 4 is 39.9 Å². The molecule has 0 bridgehead atoms. The first-order valence-corrected chi connectivity index (χ1v) is 7.68. The number of amides is 3. The van der Waals surface area contributed by atoms with Crippen molar-refractivity contribution in [2.75, 3.05) is 11.1 Å². The molecule has 0 saturated heterocycles. The highest BCUT2D eigenvalue weighted by atomic mass is 16.3. The predicted molar refractivity (Wildman–Crippen MR) is 97.6 cm³/mol. The van der Waals surface area contributed by atoms with Crippen molar-refractivity contribution in [3.05, 3.63) is 66.2 Å². The average Bonchev–Trinajstić information content (AvgIpc) is 2.63. The standard InChI is InChI=1S/C19H15N3O4/c20-12-9-7-11(8-10-12)17(24)22-19(26)18(25)21-15-5-1-4-14-13(15)3-2-6-16(14)23/h1-10,23H,20H2,(H,21,25)(H,22,24,26). The van der Waals surface area contributed by atoms with E-state index in [4.69, 9.17) is 5.73 Å². The van der Waals surface area contributed by atoms with Crippen molar-refractivity contribution in [1.29, 1.82) is 0 Å². The van der Waals surface area contributed by atoms with E-state index in [0.29, 0.717) is 22.1 Å². The molecule has 7 nitrogen and oxygen atoms in total. The fraction of sp³-hybridized carbons (Fsp3) is 0. The molecule has 130 valence electrons. The van der Waals surface area contributed by atoms with E-state index in [1.807, 2.05) is 5.32 Å². The van der Waals surface area contributed by atoms with E-state index in [1.54, 1.807) is 30.3 Å². The van der Waals surface area contributed by atoms with Gasteiger partial charge in [0.2, 0.25) is 0 Å². The SMILES string of the molecule is Nc1ccc(C(=O)NC(=O)C(=O)Nc2cccc3c(O)cccc23)cc1. The maximum atomic E-state index is 12.1. The van der Waals surface area contributed by atoms with Gasteiger partial charge in [-0.1, -0.05) is 24.3 Å². The summed E-state index contributed by atoms with van der Waals surface area (Å²) in [5, 5.41) is 15.4. The van der Waals surface area contributed by atoms with Gasteiger partial charge in [-0.2, -0.15) is 0 Å². The van der Waals surface area contributed by atoms with E-state index in [0.717, 1.165) is 0 Å². The van der Waals surface area contributed by atoms with Gasteiger partial charge in [0, 0.05) is 27.7 Å². The molecule has 0 aliphatic rings. The van der Waals surface area contributed by atoms with Crippen LogP contribution in [0.5, 0.6) is 5.75 Å². The quantitative estimate of drug-likeness (QED) is 0.416. The average molecular weight is 349 g/mol. The number of nitrogen functional groups attached to an aromatic ring is 1. The van der Waals surface area contributed by atoms with E-state index >= 15 is 0 Å². The van der Waals surface area contributed by atoms with Gasteiger partial charge in [0.05, 0.1) is 0 Å². The van der Waals surface area contributed by atoms with Crippen molar-refractivity contribution in [3.8, 4) is 5.75 Å². The smallest absolute Gasteiger partial charge is 0.316 e. The second-order valence-corrected chi connectivity index (χ2v) is 5.54. The number of phenols is 1. The molecule has 7 heteroatoms. The van der Waals surface area contributed by atoms with Gasteiger partial charge < -0.3 is 16.2 Å². The highest BCUT2D eigenvalue weighted by molar-refractivity contribution is 6.43. The number of rotatable bonds is 2. The fourth-order valence-corrected chi connectivity index (χ4v) is 2.45. The minimum atomic E-state index is -1.09. The van der Waals surface area contributed by atoms with Crippen LogP contribution in [0.15, 0.2) is 60.7 Å². The van der Waals surface area contributed by atoms with Crippen molar-refractivity contribution in [1.82, 2.24) is 5.32 Å². The lowest BCUT2D eigenvalue weighted by atomic mass is 10.1. The molecule has 3 amide bonds. The highest BCUT2D eigenvalue weighted by Crippen LogP contribution is 2.29. The summed E-state index contributed by atoms with van der Waals surface area (Å²) in [6, 6.07) is 15.7. The van der Waals surface area contributed by atoms with Crippen LogP contribution in [-0.4, -0.2) is 22.8 Å². The van der Waals surface area contributed by atoms with Crippen LogP contribution in [-0.2, 0) is 9.59 Å². The third kappa shape index (κ3) is 3.46. The monoisotopic (exact) mass is 349 g/mol. The molecule has 0 aliphatic carbocycles. The second kappa shape index (κ2) is 6.94. The number of anilines is 2. The zero-order chi connectivity index (χ0) is 18.7. The van der Waals surface area contributed by atoms with E-state index in [1.165, 1.54) is 30.3 Å². The summed E-state index contributed by atoms with van der Waals surface area (Å²) in [4.78, 5) is 36.1. The van der Waals surface area contributed by atoms with Crippen LogP contribution in [0.3, 0.4) is 0 Å². The third-order valence-electron chi connectivity index (χ3n) is 3.75. The Morgan fingerprint density at radius 1 is 0.808 bits per heavy atom. The molecule has 0 spiro atoms. The summed E-state index contributed by atoms with van der Waals surface area (Å²) < 4.78 is 0. The predicted octanol–water partition coefficient (Wildman–Crippen LogP) is 2.02. The first-order valence-electron chi connectivity index (χ1n) is 7.68. The number of phenolic OH excluding ortho intramolecular Hbond substituents is 1. The minimum absolute atomic E-state index is 0.0570. The topological polar surface area (TPSA) is 122 Å². The Balaban J connectivity index is 1.74.